The molecule has 0 bridgehead atoms. The molecule has 3 heterocycles. The fourth-order valence-electron chi connectivity index (χ4n) is 3.46. The number of carbonyl (C=O) groups is 1. The predicted octanol–water partition coefficient (Wildman–Crippen LogP) is 2.85. The number of ether oxygens (including phenoxy) is 2. The minimum atomic E-state index is -0.702. The van der Waals surface area contributed by atoms with E-state index in [2.05, 4.69) is 9.97 Å². The average molecular weight is 464 g/mol. The molecule has 0 radical (unpaired) electrons. The highest BCUT2D eigenvalue weighted by Crippen LogP contribution is 2.27. The summed E-state index contributed by atoms with van der Waals surface area (Å²) >= 11 is 1.16. The molecule has 3 rings (SSSR count). The summed E-state index contributed by atoms with van der Waals surface area (Å²) in [6, 6.07) is 3.60. The minimum Gasteiger partial charge on any atom is -0.467 e. The number of aromatic nitrogens is 2. The summed E-state index contributed by atoms with van der Waals surface area (Å²) < 4.78 is 15.8. The molecular weight excluding hydrogens is 434 g/mol. The molecule has 9 nitrogen and oxygen atoms in total. The third-order valence-electron chi connectivity index (χ3n) is 4.83. The van der Waals surface area contributed by atoms with E-state index < -0.39 is 12.1 Å². The number of furan rings is 1. The molecule has 174 valence electrons. The quantitative estimate of drug-likeness (QED) is 0.394. The van der Waals surface area contributed by atoms with Crippen LogP contribution in [0, 0.1) is 6.92 Å². The maximum Gasteiger partial charge on any atom is 0.348 e. The molecule has 10 heteroatoms. The summed E-state index contributed by atoms with van der Waals surface area (Å²) in [4.78, 5) is 35.2. The van der Waals surface area contributed by atoms with Crippen LogP contribution >= 0.6 is 11.3 Å². The van der Waals surface area contributed by atoms with Crippen molar-refractivity contribution in [1.82, 2.24) is 14.9 Å². The number of carbonyl (C=O) groups excluding carboxylic acids is 1. The molecule has 0 aliphatic carbocycles. The molecule has 0 fully saturated rings. The van der Waals surface area contributed by atoms with Gasteiger partial charge in [0.15, 0.2) is 0 Å². The van der Waals surface area contributed by atoms with E-state index in [0.29, 0.717) is 58.5 Å². The number of H-pyrrole nitrogens is 1. The molecule has 3 aromatic heterocycles. The summed E-state index contributed by atoms with van der Waals surface area (Å²) in [5, 5.41) is 10.8. The summed E-state index contributed by atoms with van der Waals surface area (Å²) in [6.45, 7) is 7.68. The minimum absolute atomic E-state index is 0.164. The van der Waals surface area contributed by atoms with Crippen LogP contribution in [0.25, 0.3) is 10.2 Å². The van der Waals surface area contributed by atoms with Crippen molar-refractivity contribution in [3.8, 4) is 0 Å². The number of aliphatic hydroxyl groups excluding tert-OH is 1. The second-order valence-corrected chi connectivity index (χ2v) is 8.45. The van der Waals surface area contributed by atoms with Crippen molar-refractivity contribution in [3.05, 3.63) is 50.8 Å². The van der Waals surface area contributed by atoms with Crippen LogP contribution in [0.15, 0.2) is 27.6 Å². The fraction of sp³-hybridized carbons (Fsp3) is 0.500. The third kappa shape index (κ3) is 6.04. The normalized spacial score (nSPS) is 12.5. The highest BCUT2D eigenvalue weighted by Gasteiger charge is 2.21. The number of esters is 1. The molecule has 0 unspecified atom stereocenters. The Hall–Kier alpha value is -2.53. The molecule has 0 aliphatic rings. The van der Waals surface area contributed by atoms with E-state index in [1.165, 1.54) is 0 Å². The van der Waals surface area contributed by atoms with Crippen LogP contribution in [0.4, 0.5) is 0 Å². The highest BCUT2D eigenvalue weighted by molar-refractivity contribution is 7.20. The van der Waals surface area contributed by atoms with Crippen molar-refractivity contribution in [2.75, 3.05) is 26.3 Å². The van der Waals surface area contributed by atoms with Crippen LogP contribution in [-0.4, -0.2) is 58.4 Å². The van der Waals surface area contributed by atoms with Gasteiger partial charge >= 0.3 is 5.97 Å². The molecular formula is C22H29N3O6S. The first-order chi connectivity index (χ1) is 15.4. The molecule has 32 heavy (non-hydrogen) atoms. The zero-order chi connectivity index (χ0) is 23.1. The van der Waals surface area contributed by atoms with Crippen LogP contribution in [-0.2, 0) is 22.6 Å². The van der Waals surface area contributed by atoms with Gasteiger partial charge in [-0.15, -0.1) is 11.3 Å². The van der Waals surface area contributed by atoms with E-state index in [0.717, 1.165) is 17.8 Å². The molecule has 2 N–H and O–H groups in total. The number of aromatic amines is 1. The van der Waals surface area contributed by atoms with Crippen molar-refractivity contribution in [1.29, 1.82) is 0 Å². The number of aliphatic hydroxyl groups is 1. The zero-order valence-electron chi connectivity index (χ0n) is 18.6. The van der Waals surface area contributed by atoms with E-state index in [1.54, 1.807) is 26.2 Å². The molecule has 3 aromatic rings. The molecule has 0 spiro atoms. The Kier molecular flexibility index (Phi) is 8.57. The summed E-state index contributed by atoms with van der Waals surface area (Å²) in [5.41, 5.74) is 0.298. The van der Waals surface area contributed by atoms with Gasteiger partial charge in [0.05, 0.1) is 37.5 Å². The maximum atomic E-state index is 12.7. The number of thiophene rings is 1. The van der Waals surface area contributed by atoms with E-state index in [4.69, 9.17) is 13.9 Å². The Morgan fingerprint density at radius 1 is 1.41 bits per heavy atom. The Morgan fingerprint density at radius 2 is 2.22 bits per heavy atom. The van der Waals surface area contributed by atoms with Crippen LogP contribution in [0.2, 0.25) is 0 Å². The van der Waals surface area contributed by atoms with Crippen LogP contribution in [0.3, 0.4) is 0 Å². The number of aryl methyl sites for hydroxylation is 1. The van der Waals surface area contributed by atoms with E-state index >= 15 is 0 Å². The van der Waals surface area contributed by atoms with Gasteiger partial charge in [-0.05, 0) is 44.5 Å². The molecule has 0 amide bonds. The summed E-state index contributed by atoms with van der Waals surface area (Å²) in [5.74, 6) is 0.738. The van der Waals surface area contributed by atoms with E-state index in [1.807, 2.05) is 17.9 Å². The molecule has 1 atom stereocenters. The van der Waals surface area contributed by atoms with Crippen LogP contribution in [0.5, 0.6) is 0 Å². The van der Waals surface area contributed by atoms with Gasteiger partial charge in [-0.2, -0.15) is 0 Å². The standard InChI is InChI=1S/C22H29N3O6S/c1-4-8-25(10-15(26)12-29-13-16-7-6-9-31-16)11-17-23-20(27)18-14(3)19(22(28)30-5-2)32-21(18)24-17/h6-7,9,15,26H,4-5,8,10-13H2,1-3H3,(H,23,24,27)/t15-/m0/s1. The van der Waals surface area contributed by atoms with Gasteiger partial charge < -0.3 is 24.0 Å². The van der Waals surface area contributed by atoms with Gasteiger partial charge in [-0.25, -0.2) is 9.78 Å². The summed E-state index contributed by atoms with van der Waals surface area (Å²) in [7, 11) is 0. The number of rotatable bonds is 12. The van der Waals surface area contributed by atoms with Crippen molar-refractivity contribution in [2.24, 2.45) is 0 Å². The fourth-order valence-corrected chi connectivity index (χ4v) is 4.55. The number of hydrogen-bond donors (Lipinski definition) is 2. The van der Waals surface area contributed by atoms with E-state index in [9.17, 15) is 14.7 Å². The van der Waals surface area contributed by atoms with Crippen molar-refractivity contribution >= 4 is 27.5 Å². The summed E-state index contributed by atoms with van der Waals surface area (Å²) in [6.07, 6.45) is 1.75. The smallest absolute Gasteiger partial charge is 0.348 e. The Balaban J connectivity index is 1.68. The number of nitrogens with zero attached hydrogens (tertiary/aromatic N) is 2. The van der Waals surface area contributed by atoms with Crippen molar-refractivity contribution < 1.29 is 23.8 Å². The van der Waals surface area contributed by atoms with Gasteiger partial charge in [-0.3, -0.25) is 9.69 Å². The largest absolute Gasteiger partial charge is 0.467 e. The number of fused-ring (bicyclic) bond motifs is 1. The van der Waals surface area contributed by atoms with Gasteiger partial charge in [0.25, 0.3) is 5.56 Å². The Bertz CT molecular complexity index is 1080. The van der Waals surface area contributed by atoms with Gasteiger partial charge in [0.1, 0.15) is 27.9 Å². The maximum absolute atomic E-state index is 12.7. The van der Waals surface area contributed by atoms with Crippen LogP contribution in [0.1, 0.15) is 47.1 Å². The lowest BCUT2D eigenvalue weighted by atomic mass is 10.2. The number of nitrogens with one attached hydrogen (secondary N) is 1. The van der Waals surface area contributed by atoms with E-state index in [-0.39, 0.29) is 18.8 Å². The lowest BCUT2D eigenvalue weighted by Gasteiger charge is -2.24. The number of hydrogen-bond acceptors (Lipinski definition) is 9. The predicted molar refractivity (Wildman–Crippen MR) is 121 cm³/mol. The second-order valence-electron chi connectivity index (χ2n) is 7.45. The van der Waals surface area contributed by atoms with Gasteiger partial charge in [-0.1, -0.05) is 6.92 Å². The Labute approximate surface area is 190 Å². The zero-order valence-corrected chi connectivity index (χ0v) is 19.4. The lowest BCUT2D eigenvalue weighted by molar-refractivity contribution is 0.00353. The van der Waals surface area contributed by atoms with Crippen molar-refractivity contribution in [3.63, 3.8) is 0 Å². The highest BCUT2D eigenvalue weighted by atomic mass is 32.1. The van der Waals surface area contributed by atoms with Gasteiger partial charge in [0, 0.05) is 6.54 Å². The first kappa shape index (κ1) is 24.1. The first-order valence-electron chi connectivity index (χ1n) is 10.6. The lowest BCUT2D eigenvalue weighted by Crippen LogP contribution is -2.36. The molecule has 0 saturated heterocycles. The first-order valence-corrected chi connectivity index (χ1v) is 11.4. The Morgan fingerprint density at radius 3 is 2.91 bits per heavy atom. The van der Waals surface area contributed by atoms with Crippen LogP contribution < -0.4 is 5.56 Å². The van der Waals surface area contributed by atoms with Gasteiger partial charge in [0.2, 0.25) is 0 Å². The third-order valence-corrected chi connectivity index (χ3v) is 5.99. The second kappa shape index (κ2) is 11.4. The molecule has 0 saturated carbocycles. The van der Waals surface area contributed by atoms with Crippen molar-refractivity contribution in [2.45, 2.75) is 46.4 Å². The average Bonchev–Trinajstić information content (AvgIpc) is 3.36. The monoisotopic (exact) mass is 463 g/mol. The topological polar surface area (TPSA) is 118 Å². The molecule has 0 aliphatic heterocycles. The molecule has 0 aromatic carbocycles. The SMILES string of the molecule is CCCN(Cc1nc2sc(C(=O)OCC)c(C)c2c(=O)[nH]1)C[C@H](O)COCc1ccco1.